The molecule has 2 atom stereocenters. The van der Waals surface area contributed by atoms with Gasteiger partial charge in [0.05, 0.1) is 6.54 Å². The maximum Gasteiger partial charge on any atom is 0.412 e. The van der Waals surface area contributed by atoms with E-state index in [4.69, 9.17) is 9.47 Å². The van der Waals surface area contributed by atoms with Crippen LogP contribution in [0.4, 0.5) is 10.5 Å². The summed E-state index contributed by atoms with van der Waals surface area (Å²) < 4.78 is 12.1. The molecule has 1 heterocycles. The molecule has 4 aromatic rings. The quantitative estimate of drug-likeness (QED) is 0.440. The molecule has 0 saturated heterocycles. The molecule has 5 rings (SSSR count). The summed E-state index contributed by atoms with van der Waals surface area (Å²) in [6, 6.07) is 33.3. The topological polar surface area (TPSA) is 59.9 Å². The molecular weight excluding hydrogens is 400 g/mol. The standard InChI is InChI=1S/C27H22N2O3/c30-27(29-23-13-5-2-6-14-23)31-24-18-28-26(32-25(24)20-10-3-1-4-11-20)22-16-15-19-9-7-8-12-21(19)17-22/h1-17,24-25H,18H2,(H,29,30). The number of benzene rings is 4. The van der Waals surface area contributed by atoms with E-state index in [0.29, 0.717) is 18.1 Å². The molecule has 0 fully saturated rings. The van der Waals surface area contributed by atoms with Crippen molar-refractivity contribution in [1.82, 2.24) is 0 Å². The summed E-state index contributed by atoms with van der Waals surface area (Å²) in [6.45, 7) is 0.309. The third kappa shape index (κ3) is 4.32. The first kappa shape index (κ1) is 19.8. The van der Waals surface area contributed by atoms with E-state index >= 15 is 0 Å². The third-order valence-electron chi connectivity index (χ3n) is 5.39. The highest BCUT2D eigenvalue weighted by atomic mass is 16.6. The SMILES string of the molecule is O=C(Nc1ccccc1)OC1CN=C(c2ccc3ccccc3c2)OC1c1ccccc1. The Morgan fingerprint density at radius 2 is 1.53 bits per heavy atom. The summed E-state index contributed by atoms with van der Waals surface area (Å²) in [6.07, 6.45) is -1.54. The van der Waals surface area contributed by atoms with E-state index in [1.165, 1.54) is 0 Å². The number of carbonyl (C=O) groups excluding carboxylic acids is 1. The van der Waals surface area contributed by atoms with Gasteiger partial charge in [-0.2, -0.15) is 0 Å². The molecule has 0 saturated carbocycles. The Morgan fingerprint density at radius 1 is 0.844 bits per heavy atom. The summed E-state index contributed by atoms with van der Waals surface area (Å²) >= 11 is 0. The van der Waals surface area contributed by atoms with Crippen LogP contribution < -0.4 is 5.32 Å². The second-order valence-corrected chi connectivity index (χ2v) is 7.59. The van der Waals surface area contributed by atoms with Gasteiger partial charge in [0.25, 0.3) is 0 Å². The van der Waals surface area contributed by atoms with Gasteiger partial charge in [-0.05, 0) is 40.6 Å². The van der Waals surface area contributed by atoms with Crippen molar-refractivity contribution in [3.05, 3.63) is 114 Å². The van der Waals surface area contributed by atoms with Crippen LogP contribution in [0.1, 0.15) is 17.2 Å². The lowest BCUT2D eigenvalue weighted by Gasteiger charge is -2.31. The van der Waals surface area contributed by atoms with E-state index in [0.717, 1.165) is 21.9 Å². The normalized spacial score (nSPS) is 17.8. The van der Waals surface area contributed by atoms with Gasteiger partial charge in [-0.15, -0.1) is 0 Å². The summed E-state index contributed by atoms with van der Waals surface area (Å²) in [5, 5.41) is 5.04. The summed E-state index contributed by atoms with van der Waals surface area (Å²) in [5.41, 5.74) is 2.50. The van der Waals surface area contributed by atoms with Crippen LogP contribution in [-0.4, -0.2) is 24.6 Å². The molecule has 0 radical (unpaired) electrons. The van der Waals surface area contributed by atoms with Crippen molar-refractivity contribution in [1.29, 1.82) is 0 Å². The van der Waals surface area contributed by atoms with Crippen molar-refractivity contribution in [2.24, 2.45) is 4.99 Å². The van der Waals surface area contributed by atoms with Gasteiger partial charge in [-0.3, -0.25) is 5.32 Å². The fraction of sp³-hybridized carbons (Fsp3) is 0.111. The zero-order chi connectivity index (χ0) is 21.8. The van der Waals surface area contributed by atoms with Crippen LogP contribution in [0, 0.1) is 0 Å². The highest BCUT2D eigenvalue weighted by Gasteiger charge is 2.33. The Hall–Kier alpha value is -4.12. The van der Waals surface area contributed by atoms with Crippen molar-refractivity contribution < 1.29 is 14.3 Å². The lowest BCUT2D eigenvalue weighted by Crippen LogP contribution is -2.37. The molecule has 5 nitrogen and oxygen atoms in total. The van der Waals surface area contributed by atoms with Gasteiger partial charge in [0.15, 0.2) is 12.2 Å². The number of carbonyl (C=O) groups is 1. The van der Waals surface area contributed by atoms with Crippen LogP contribution in [0.25, 0.3) is 10.8 Å². The van der Waals surface area contributed by atoms with Crippen molar-refractivity contribution >= 4 is 28.5 Å². The maximum atomic E-state index is 12.5. The zero-order valence-electron chi connectivity index (χ0n) is 17.3. The van der Waals surface area contributed by atoms with Gasteiger partial charge in [0.2, 0.25) is 5.90 Å². The Kier molecular flexibility index (Phi) is 5.54. The second-order valence-electron chi connectivity index (χ2n) is 7.59. The van der Waals surface area contributed by atoms with Crippen molar-refractivity contribution in [2.75, 3.05) is 11.9 Å². The van der Waals surface area contributed by atoms with Crippen LogP contribution in [0.15, 0.2) is 108 Å². The molecular formula is C27H22N2O3. The molecule has 2 unspecified atom stereocenters. The number of hydrogen-bond acceptors (Lipinski definition) is 4. The van der Waals surface area contributed by atoms with E-state index in [1.807, 2.05) is 78.9 Å². The third-order valence-corrected chi connectivity index (χ3v) is 5.39. The van der Waals surface area contributed by atoms with Crippen molar-refractivity contribution in [3.8, 4) is 0 Å². The number of nitrogens with one attached hydrogen (secondary N) is 1. The lowest BCUT2D eigenvalue weighted by atomic mass is 10.0. The Labute approximate surface area is 186 Å². The van der Waals surface area contributed by atoms with E-state index < -0.39 is 18.3 Å². The second kappa shape index (κ2) is 8.94. The first-order chi connectivity index (χ1) is 15.8. The highest BCUT2D eigenvalue weighted by Crippen LogP contribution is 2.30. The molecule has 4 aromatic carbocycles. The van der Waals surface area contributed by atoms with Crippen LogP contribution in [0.3, 0.4) is 0 Å². The molecule has 5 heteroatoms. The number of fused-ring (bicyclic) bond motifs is 1. The average molecular weight is 422 g/mol. The first-order valence-electron chi connectivity index (χ1n) is 10.5. The Bertz CT molecular complexity index is 1260. The molecule has 1 aliphatic rings. The minimum Gasteiger partial charge on any atom is -0.465 e. The van der Waals surface area contributed by atoms with Crippen LogP contribution in [0.5, 0.6) is 0 Å². The van der Waals surface area contributed by atoms with E-state index in [2.05, 4.69) is 34.6 Å². The molecule has 1 amide bonds. The predicted molar refractivity (Wildman–Crippen MR) is 126 cm³/mol. The van der Waals surface area contributed by atoms with Gasteiger partial charge in [0.1, 0.15) is 0 Å². The zero-order valence-corrected chi connectivity index (χ0v) is 17.3. The number of nitrogens with zero attached hydrogens (tertiary/aromatic N) is 1. The molecule has 1 N–H and O–H groups in total. The fourth-order valence-electron chi connectivity index (χ4n) is 3.81. The molecule has 0 aliphatic carbocycles. The predicted octanol–water partition coefficient (Wildman–Crippen LogP) is 5.98. The van der Waals surface area contributed by atoms with Gasteiger partial charge >= 0.3 is 6.09 Å². The smallest absolute Gasteiger partial charge is 0.412 e. The molecule has 0 spiro atoms. The number of anilines is 1. The molecule has 0 bridgehead atoms. The Balaban J connectivity index is 1.40. The van der Waals surface area contributed by atoms with E-state index in [1.54, 1.807) is 0 Å². The van der Waals surface area contributed by atoms with Crippen molar-refractivity contribution in [3.63, 3.8) is 0 Å². The first-order valence-corrected chi connectivity index (χ1v) is 10.5. The number of hydrogen-bond donors (Lipinski definition) is 1. The molecule has 32 heavy (non-hydrogen) atoms. The maximum absolute atomic E-state index is 12.5. The summed E-state index contributed by atoms with van der Waals surface area (Å²) in [7, 11) is 0. The monoisotopic (exact) mass is 422 g/mol. The number of aliphatic imine (C=N–C) groups is 1. The molecule has 0 aromatic heterocycles. The number of para-hydroxylation sites is 1. The van der Waals surface area contributed by atoms with Crippen LogP contribution in [-0.2, 0) is 9.47 Å². The number of rotatable bonds is 4. The van der Waals surface area contributed by atoms with Crippen LogP contribution in [0.2, 0.25) is 0 Å². The number of ether oxygens (including phenoxy) is 2. The van der Waals surface area contributed by atoms with Gasteiger partial charge in [0, 0.05) is 11.3 Å². The van der Waals surface area contributed by atoms with Crippen molar-refractivity contribution in [2.45, 2.75) is 12.2 Å². The average Bonchev–Trinajstić information content (AvgIpc) is 2.85. The summed E-state index contributed by atoms with van der Waals surface area (Å²) in [4.78, 5) is 17.1. The lowest BCUT2D eigenvalue weighted by molar-refractivity contribution is 0.00997. The van der Waals surface area contributed by atoms with E-state index in [-0.39, 0.29) is 0 Å². The van der Waals surface area contributed by atoms with Crippen LogP contribution >= 0.6 is 0 Å². The molecule has 1 aliphatic heterocycles. The minimum atomic E-state index is -0.551. The summed E-state index contributed by atoms with van der Waals surface area (Å²) in [5.74, 6) is 0.549. The fourth-order valence-corrected chi connectivity index (χ4v) is 3.81. The highest BCUT2D eigenvalue weighted by molar-refractivity contribution is 5.99. The van der Waals surface area contributed by atoms with Gasteiger partial charge in [-0.25, -0.2) is 9.79 Å². The van der Waals surface area contributed by atoms with Gasteiger partial charge < -0.3 is 9.47 Å². The number of amides is 1. The van der Waals surface area contributed by atoms with E-state index in [9.17, 15) is 4.79 Å². The van der Waals surface area contributed by atoms with Gasteiger partial charge in [-0.1, -0.05) is 78.9 Å². The minimum absolute atomic E-state index is 0.309. The Morgan fingerprint density at radius 3 is 2.31 bits per heavy atom. The molecule has 158 valence electrons. The largest absolute Gasteiger partial charge is 0.465 e.